The van der Waals surface area contributed by atoms with E-state index in [-0.39, 0.29) is 6.61 Å². The molecule has 0 saturated carbocycles. The lowest BCUT2D eigenvalue weighted by molar-refractivity contribution is -0.134. The summed E-state index contributed by atoms with van der Waals surface area (Å²) in [6.45, 7) is 0.939. The second-order valence-corrected chi connectivity index (χ2v) is 2.93. The van der Waals surface area contributed by atoms with Crippen molar-refractivity contribution in [2.24, 2.45) is 0 Å². The molecule has 5 nitrogen and oxygen atoms in total. The molecular formula is C11H12O5. The molecule has 0 bridgehead atoms. The number of carbonyl (C=O) groups is 1. The molecule has 2 rings (SSSR count). The summed E-state index contributed by atoms with van der Waals surface area (Å²) in [7, 11) is 0. The standard InChI is InChI=1S/C9H8O3.C2H4O2/c10-5-7-6-11-8-3-1-2-4-9(8)12-7;1-2(3)4/h1-4,6,10H,5H2;1H3,(H,3,4). The van der Waals surface area contributed by atoms with Gasteiger partial charge in [0.15, 0.2) is 17.3 Å². The number of fused-ring (bicyclic) bond motifs is 1. The molecule has 5 heteroatoms. The Hall–Kier alpha value is -2.01. The highest BCUT2D eigenvalue weighted by molar-refractivity contribution is 5.62. The Balaban J connectivity index is 0.000000280. The van der Waals surface area contributed by atoms with Gasteiger partial charge in [0.2, 0.25) is 0 Å². The van der Waals surface area contributed by atoms with Gasteiger partial charge >= 0.3 is 0 Å². The zero-order valence-corrected chi connectivity index (χ0v) is 8.71. The number of aliphatic hydroxyl groups excluding tert-OH is 1. The van der Waals surface area contributed by atoms with Crippen LogP contribution in [-0.4, -0.2) is 22.8 Å². The molecule has 1 aromatic rings. The summed E-state index contributed by atoms with van der Waals surface area (Å²) < 4.78 is 10.4. The number of hydrogen-bond donors (Lipinski definition) is 2. The zero-order valence-electron chi connectivity index (χ0n) is 8.71. The van der Waals surface area contributed by atoms with Gasteiger partial charge in [-0.3, -0.25) is 4.79 Å². The Bertz CT molecular complexity index is 393. The van der Waals surface area contributed by atoms with Crippen molar-refractivity contribution in [2.75, 3.05) is 6.61 Å². The Morgan fingerprint density at radius 2 is 1.88 bits per heavy atom. The van der Waals surface area contributed by atoms with Gasteiger partial charge in [-0.15, -0.1) is 0 Å². The van der Waals surface area contributed by atoms with Gasteiger partial charge in [0.05, 0.1) is 0 Å². The molecule has 1 aliphatic rings. The van der Waals surface area contributed by atoms with Crippen LogP contribution in [0.4, 0.5) is 0 Å². The number of rotatable bonds is 1. The molecule has 1 heterocycles. The highest BCUT2D eigenvalue weighted by Gasteiger charge is 2.11. The monoisotopic (exact) mass is 224 g/mol. The molecule has 0 amide bonds. The van der Waals surface area contributed by atoms with E-state index in [1.807, 2.05) is 12.1 Å². The van der Waals surface area contributed by atoms with Crippen molar-refractivity contribution in [3.05, 3.63) is 36.3 Å². The predicted molar refractivity (Wildman–Crippen MR) is 56.2 cm³/mol. The SMILES string of the molecule is CC(=O)O.OCC1=COc2ccccc2O1. The van der Waals surface area contributed by atoms with Gasteiger partial charge in [0.25, 0.3) is 5.97 Å². The molecule has 1 aliphatic heterocycles. The van der Waals surface area contributed by atoms with Crippen LogP contribution in [0.15, 0.2) is 36.3 Å². The van der Waals surface area contributed by atoms with Crippen molar-refractivity contribution in [1.29, 1.82) is 0 Å². The zero-order chi connectivity index (χ0) is 12.0. The van der Waals surface area contributed by atoms with Crippen LogP contribution in [0.25, 0.3) is 0 Å². The molecule has 0 aliphatic carbocycles. The molecule has 0 fully saturated rings. The summed E-state index contributed by atoms with van der Waals surface area (Å²) in [5.74, 6) is 0.910. The second kappa shape index (κ2) is 5.77. The van der Waals surface area contributed by atoms with Crippen LogP contribution in [0.3, 0.4) is 0 Å². The van der Waals surface area contributed by atoms with Crippen molar-refractivity contribution in [1.82, 2.24) is 0 Å². The lowest BCUT2D eigenvalue weighted by Gasteiger charge is -2.16. The van der Waals surface area contributed by atoms with Crippen LogP contribution in [0.5, 0.6) is 11.5 Å². The molecule has 2 N–H and O–H groups in total. The van der Waals surface area contributed by atoms with Crippen molar-refractivity contribution in [3.8, 4) is 11.5 Å². The third kappa shape index (κ3) is 3.62. The fraction of sp³-hybridized carbons (Fsp3) is 0.182. The molecule has 0 radical (unpaired) electrons. The van der Waals surface area contributed by atoms with E-state index in [0.717, 1.165) is 6.92 Å². The smallest absolute Gasteiger partial charge is 0.300 e. The average molecular weight is 224 g/mol. The average Bonchev–Trinajstić information content (AvgIpc) is 2.27. The van der Waals surface area contributed by atoms with Gasteiger partial charge < -0.3 is 19.7 Å². The van der Waals surface area contributed by atoms with E-state index in [0.29, 0.717) is 17.3 Å². The molecule has 0 saturated heterocycles. The largest absolute Gasteiger partial charge is 0.481 e. The fourth-order valence-corrected chi connectivity index (χ4v) is 0.996. The van der Waals surface area contributed by atoms with Crippen molar-refractivity contribution in [3.63, 3.8) is 0 Å². The first kappa shape index (κ1) is 12.1. The molecular weight excluding hydrogens is 212 g/mol. The van der Waals surface area contributed by atoms with Gasteiger partial charge in [-0.25, -0.2) is 0 Å². The fourth-order valence-electron chi connectivity index (χ4n) is 0.996. The van der Waals surface area contributed by atoms with Gasteiger partial charge in [0.1, 0.15) is 12.9 Å². The van der Waals surface area contributed by atoms with Crippen molar-refractivity contribution < 1.29 is 24.5 Å². The van der Waals surface area contributed by atoms with Crippen LogP contribution in [0, 0.1) is 0 Å². The number of carboxylic acids is 1. The minimum absolute atomic E-state index is 0.145. The first-order valence-corrected chi connectivity index (χ1v) is 4.56. The van der Waals surface area contributed by atoms with E-state index in [1.165, 1.54) is 6.26 Å². The number of aliphatic carboxylic acids is 1. The van der Waals surface area contributed by atoms with Crippen LogP contribution in [-0.2, 0) is 4.79 Å². The van der Waals surface area contributed by atoms with Gasteiger partial charge in [-0.2, -0.15) is 0 Å². The predicted octanol–water partition coefficient (Wildman–Crippen LogP) is 1.38. The molecule has 16 heavy (non-hydrogen) atoms. The first-order chi connectivity index (χ1) is 7.63. The summed E-state index contributed by atoms with van der Waals surface area (Å²) in [6, 6.07) is 7.31. The van der Waals surface area contributed by atoms with E-state index < -0.39 is 5.97 Å². The van der Waals surface area contributed by atoms with Crippen LogP contribution >= 0.6 is 0 Å². The van der Waals surface area contributed by atoms with Crippen LogP contribution in [0.2, 0.25) is 0 Å². The molecule has 86 valence electrons. The lowest BCUT2D eigenvalue weighted by atomic mass is 10.3. The van der Waals surface area contributed by atoms with E-state index >= 15 is 0 Å². The number of para-hydroxylation sites is 2. The summed E-state index contributed by atoms with van der Waals surface area (Å²) >= 11 is 0. The van der Waals surface area contributed by atoms with Crippen molar-refractivity contribution >= 4 is 5.97 Å². The molecule has 0 aromatic heterocycles. The van der Waals surface area contributed by atoms with Gasteiger partial charge in [-0.05, 0) is 12.1 Å². The number of aliphatic hydroxyl groups is 1. The minimum atomic E-state index is -0.833. The highest BCUT2D eigenvalue weighted by Crippen LogP contribution is 2.31. The molecule has 0 atom stereocenters. The van der Waals surface area contributed by atoms with Crippen LogP contribution < -0.4 is 9.47 Å². The quantitative estimate of drug-likeness (QED) is 0.753. The first-order valence-electron chi connectivity index (χ1n) is 4.56. The van der Waals surface area contributed by atoms with Crippen molar-refractivity contribution in [2.45, 2.75) is 6.92 Å². The summed E-state index contributed by atoms with van der Waals surface area (Å²) in [6.07, 6.45) is 1.41. The summed E-state index contributed by atoms with van der Waals surface area (Å²) in [4.78, 5) is 9.00. The Labute approximate surface area is 92.5 Å². The third-order valence-corrected chi connectivity index (χ3v) is 1.56. The van der Waals surface area contributed by atoms with Crippen LogP contribution in [0.1, 0.15) is 6.92 Å². The Morgan fingerprint density at radius 3 is 2.44 bits per heavy atom. The third-order valence-electron chi connectivity index (χ3n) is 1.56. The van der Waals surface area contributed by atoms with E-state index in [1.54, 1.807) is 12.1 Å². The number of ether oxygens (including phenoxy) is 2. The molecule has 0 spiro atoms. The highest BCUT2D eigenvalue weighted by atomic mass is 16.6. The molecule has 1 aromatic carbocycles. The minimum Gasteiger partial charge on any atom is -0.481 e. The van der Waals surface area contributed by atoms with E-state index in [4.69, 9.17) is 24.5 Å². The molecule has 0 unspecified atom stereocenters. The number of carboxylic acid groups (broad SMARTS) is 1. The normalized spacial score (nSPS) is 12.0. The van der Waals surface area contributed by atoms with Gasteiger partial charge in [0, 0.05) is 6.92 Å². The maximum absolute atomic E-state index is 9.00. The number of hydrogen-bond acceptors (Lipinski definition) is 4. The van der Waals surface area contributed by atoms with E-state index in [2.05, 4.69) is 0 Å². The summed E-state index contributed by atoms with van der Waals surface area (Å²) in [5.41, 5.74) is 0. The van der Waals surface area contributed by atoms with E-state index in [9.17, 15) is 0 Å². The number of benzene rings is 1. The maximum atomic E-state index is 9.00. The Kier molecular flexibility index (Phi) is 4.35. The summed E-state index contributed by atoms with van der Waals surface area (Å²) in [5, 5.41) is 16.2. The van der Waals surface area contributed by atoms with Gasteiger partial charge in [-0.1, -0.05) is 12.1 Å². The Morgan fingerprint density at radius 1 is 1.31 bits per heavy atom. The maximum Gasteiger partial charge on any atom is 0.300 e. The topological polar surface area (TPSA) is 76.0 Å². The second-order valence-electron chi connectivity index (χ2n) is 2.93. The lowest BCUT2D eigenvalue weighted by Crippen LogP contribution is -2.07.